The van der Waals surface area contributed by atoms with Crippen LogP contribution in [-0.4, -0.2) is 25.7 Å². The molecule has 0 spiro atoms. The summed E-state index contributed by atoms with van der Waals surface area (Å²) in [6.45, 7) is 2.02. The summed E-state index contributed by atoms with van der Waals surface area (Å²) >= 11 is 3.10. The van der Waals surface area contributed by atoms with Gasteiger partial charge >= 0.3 is 0 Å². The van der Waals surface area contributed by atoms with Gasteiger partial charge in [0.25, 0.3) is 0 Å². The van der Waals surface area contributed by atoms with Crippen LogP contribution >= 0.6 is 23.1 Å². The third kappa shape index (κ3) is 5.08. The predicted molar refractivity (Wildman–Crippen MR) is 129 cm³/mol. The standard InChI is InChI=1S/C24H23N5OS2/c1-16-7-11-18(12-8-16)25-21(30)13-22-26-19(14-31-22)15-32-24-27-23(17-9-10-17)29(28-24)20-5-3-2-4-6-20/h2-8,11-12,14,17H,9-10,13,15H2,1H3,(H,25,30). The van der Waals surface area contributed by atoms with Crippen LogP contribution in [0.15, 0.2) is 65.1 Å². The normalized spacial score (nSPS) is 13.3. The summed E-state index contributed by atoms with van der Waals surface area (Å²) in [6, 6.07) is 18.0. The molecule has 1 fully saturated rings. The van der Waals surface area contributed by atoms with E-state index in [-0.39, 0.29) is 12.3 Å². The van der Waals surface area contributed by atoms with Crippen molar-refractivity contribution >= 4 is 34.7 Å². The van der Waals surface area contributed by atoms with Gasteiger partial charge < -0.3 is 5.32 Å². The average molecular weight is 462 g/mol. The van der Waals surface area contributed by atoms with E-state index in [0.717, 1.165) is 38.6 Å². The molecule has 1 N–H and O–H groups in total. The van der Waals surface area contributed by atoms with Gasteiger partial charge in [0, 0.05) is 22.7 Å². The summed E-state index contributed by atoms with van der Waals surface area (Å²) in [4.78, 5) is 21.8. The average Bonchev–Trinajstić information content (AvgIpc) is 3.41. The van der Waals surface area contributed by atoms with Crippen molar-refractivity contribution in [3.8, 4) is 5.69 Å². The van der Waals surface area contributed by atoms with Crippen LogP contribution in [0.1, 0.15) is 40.8 Å². The Morgan fingerprint density at radius 1 is 1.12 bits per heavy atom. The second-order valence-electron chi connectivity index (χ2n) is 7.89. The van der Waals surface area contributed by atoms with Gasteiger partial charge in [-0.25, -0.2) is 14.6 Å². The molecular weight excluding hydrogens is 438 g/mol. The van der Waals surface area contributed by atoms with Gasteiger partial charge in [-0.1, -0.05) is 47.7 Å². The molecule has 2 aromatic heterocycles. The molecule has 0 saturated heterocycles. The Morgan fingerprint density at radius 3 is 2.66 bits per heavy atom. The van der Waals surface area contributed by atoms with Crippen molar-refractivity contribution in [1.29, 1.82) is 0 Å². The Hall–Kier alpha value is -2.97. The number of carbonyl (C=O) groups is 1. The van der Waals surface area contributed by atoms with Gasteiger partial charge in [0.15, 0.2) is 0 Å². The van der Waals surface area contributed by atoms with Crippen molar-refractivity contribution in [3.05, 3.63) is 82.1 Å². The first kappa shape index (κ1) is 20.9. The molecule has 0 bridgehead atoms. The summed E-state index contributed by atoms with van der Waals surface area (Å²) in [7, 11) is 0. The lowest BCUT2D eigenvalue weighted by Crippen LogP contribution is -2.14. The van der Waals surface area contributed by atoms with Crippen molar-refractivity contribution in [1.82, 2.24) is 19.7 Å². The maximum absolute atomic E-state index is 12.3. The zero-order valence-electron chi connectivity index (χ0n) is 17.7. The summed E-state index contributed by atoms with van der Waals surface area (Å²) < 4.78 is 1.97. The van der Waals surface area contributed by atoms with E-state index in [4.69, 9.17) is 10.1 Å². The van der Waals surface area contributed by atoms with Crippen molar-refractivity contribution < 1.29 is 4.79 Å². The Morgan fingerprint density at radius 2 is 1.91 bits per heavy atom. The second-order valence-corrected chi connectivity index (χ2v) is 9.77. The summed E-state index contributed by atoms with van der Waals surface area (Å²) in [5, 5.41) is 11.3. The minimum Gasteiger partial charge on any atom is -0.326 e. The SMILES string of the molecule is Cc1ccc(NC(=O)Cc2nc(CSc3nc(C4CC4)n(-c4ccccc4)n3)cs2)cc1. The lowest BCUT2D eigenvalue weighted by molar-refractivity contribution is -0.115. The van der Waals surface area contributed by atoms with E-state index in [1.807, 2.05) is 59.5 Å². The number of aryl methyl sites for hydroxylation is 1. The molecule has 0 radical (unpaired) electrons. The Bertz CT molecular complexity index is 1210. The zero-order chi connectivity index (χ0) is 21.9. The molecule has 0 atom stereocenters. The maximum atomic E-state index is 12.3. The number of anilines is 1. The van der Waals surface area contributed by atoms with Crippen LogP contribution in [0, 0.1) is 6.92 Å². The monoisotopic (exact) mass is 461 g/mol. The number of aromatic nitrogens is 4. The van der Waals surface area contributed by atoms with Crippen LogP contribution in [0.5, 0.6) is 0 Å². The summed E-state index contributed by atoms with van der Waals surface area (Å²) in [5.74, 6) is 2.18. The van der Waals surface area contributed by atoms with E-state index in [2.05, 4.69) is 22.4 Å². The fourth-order valence-corrected chi connectivity index (χ4v) is 4.97. The molecule has 2 aromatic carbocycles. The van der Waals surface area contributed by atoms with Crippen molar-refractivity contribution in [3.63, 3.8) is 0 Å². The molecule has 1 aliphatic rings. The van der Waals surface area contributed by atoms with Crippen LogP contribution in [0.25, 0.3) is 5.69 Å². The topological polar surface area (TPSA) is 72.7 Å². The zero-order valence-corrected chi connectivity index (χ0v) is 19.3. The number of rotatable bonds is 8. The highest BCUT2D eigenvalue weighted by molar-refractivity contribution is 7.98. The molecule has 162 valence electrons. The molecule has 4 aromatic rings. The number of amides is 1. The fourth-order valence-electron chi connectivity index (χ4n) is 3.34. The van der Waals surface area contributed by atoms with Gasteiger partial charge in [0.1, 0.15) is 10.8 Å². The second kappa shape index (κ2) is 9.26. The number of thiazole rings is 1. The first-order valence-corrected chi connectivity index (χ1v) is 12.5. The van der Waals surface area contributed by atoms with Crippen LogP contribution in [0.3, 0.4) is 0 Å². The van der Waals surface area contributed by atoms with Crippen LogP contribution < -0.4 is 5.32 Å². The highest BCUT2D eigenvalue weighted by Crippen LogP contribution is 2.40. The molecule has 2 heterocycles. The number of hydrogen-bond donors (Lipinski definition) is 1. The van der Waals surface area contributed by atoms with Crippen LogP contribution in [0.4, 0.5) is 5.69 Å². The number of nitrogens with zero attached hydrogens (tertiary/aromatic N) is 4. The third-order valence-corrected chi connectivity index (χ3v) is 6.92. The maximum Gasteiger partial charge on any atom is 0.231 e. The van der Waals surface area contributed by atoms with Crippen molar-refractivity contribution in [2.75, 3.05) is 5.32 Å². The minimum absolute atomic E-state index is 0.0558. The molecule has 6 nitrogen and oxygen atoms in total. The van der Waals surface area contributed by atoms with Gasteiger partial charge in [-0.05, 0) is 44.0 Å². The van der Waals surface area contributed by atoms with Gasteiger partial charge in [-0.15, -0.1) is 16.4 Å². The molecule has 32 heavy (non-hydrogen) atoms. The number of nitrogens with one attached hydrogen (secondary N) is 1. The molecule has 8 heteroatoms. The molecule has 1 saturated carbocycles. The van der Waals surface area contributed by atoms with E-state index in [1.165, 1.54) is 24.2 Å². The lowest BCUT2D eigenvalue weighted by Gasteiger charge is -2.04. The summed E-state index contributed by atoms with van der Waals surface area (Å²) in [6.07, 6.45) is 2.63. The highest BCUT2D eigenvalue weighted by atomic mass is 32.2. The third-order valence-electron chi connectivity index (χ3n) is 5.15. The number of benzene rings is 2. The molecule has 0 aliphatic heterocycles. The molecular formula is C24H23N5OS2. The van der Waals surface area contributed by atoms with E-state index < -0.39 is 0 Å². The number of hydrogen-bond acceptors (Lipinski definition) is 6. The minimum atomic E-state index is -0.0558. The van der Waals surface area contributed by atoms with Crippen molar-refractivity contribution in [2.24, 2.45) is 0 Å². The number of thioether (sulfide) groups is 1. The highest BCUT2D eigenvalue weighted by Gasteiger charge is 2.30. The van der Waals surface area contributed by atoms with E-state index in [1.54, 1.807) is 11.8 Å². The first-order valence-electron chi connectivity index (χ1n) is 10.6. The number of carbonyl (C=O) groups excluding carboxylic acids is 1. The Labute approximate surface area is 195 Å². The Balaban J connectivity index is 1.20. The largest absolute Gasteiger partial charge is 0.326 e. The first-order chi connectivity index (χ1) is 15.6. The van der Waals surface area contributed by atoms with Crippen molar-refractivity contribution in [2.45, 2.75) is 43.0 Å². The molecule has 5 rings (SSSR count). The van der Waals surface area contributed by atoms with E-state index >= 15 is 0 Å². The molecule has 0 unspecified atom stereocenters. The number of para-hydroxylation sites is 1. The van der Waals surface area contributed by atoms with E-state index in [9.17, 15) is 4.79 Å². The molecule has 1 aliphatic carbocycles. The predicted octanol–water partition coefficient (Wildman–Crippen LogP) is 5.38. The van der Waals surface area contributed by atoms with Gasteiger partial charge in [-0.2, -0.15) is 0 Å². The molecule has 1 amide bonds. The van der Waals surface area contributed by atoms with Gasteiger partial charge in [0.05, 0.1) is 17.8 Å². The van der Waals surface area contributed by atoms with Crippen LogP contribution in [-0.2, 0) is 17.0 Å². The quantitative estimate of drug-likeness (QED) is 0.357. The van der Waals surface area contributed by atoms with E-state index in [0.29, 0.717) is 11.7 Å². The fraction of sp³-hybridized carbons (Fsp3) is 0.250. The summed E-state index contributed by atoms with van der Waals surface area (Å²) in [5.41, 5.74) is 3.96. The Kier molecular flexibility index (Phi) is 6.05. The lowest BCUT2D eigenvalue weighted by atomic mass is 10.2. The van der Waals surface area contributed by atoms with Gasteiger partial charge in [-0.3, -0.25) is 4.79 Å². The van der Waals surface area contributed by atoms with Crippen LogP contribution in [0.2, 0.25) is 0 Å². The van der Waals surface area contributed by atoms with Gasteiger partial charge in [0.2, 0.25) is 11.1 Å². The smallest absolute Gasteiger partial charge is 0.231 e.